The minimum Gasteiger partial charge on any atom is -0.480 e. The van der Waals surface area contributed by atoms with Crippen molar-refractivity contribution in [3.05, 3.63) is 72.1 Å². The molecule has 296 valence electrons. The minimum atomic E-state index is -1.43. The van der Waals surface area contributed by atoms with Gasteiger partial charge >= 0.3 is 5.97 Å². The zero-order valence-electron chi connectivity index (χ0n) is 31.6. The maximum absolute atomic E-state index is 14.3. The first-order valence-electron chi connectivity index (χ1n) is 18.3. The SMILES string of the molecule is CC(C)C[C@H](NC(=O)[C@@H](NC(=O)[C@@H](N)C(C)C)[C@@H](C)O)C(=O)N[C@@H](Cc1c[nH]c2ccccc12)C(=O)N[C@@H](Cc1c[nH]c2ccccc12)C(=O)NCC(=O)O. The molecule has 6 atom stereocenters. The largest absolute Gasteiger partial charge is 0.480 e. The molecule has 0 saturated heterocycles. The van der Waals surface area contributed by atoms with Crippen LogP contribution >= 0.6 is 0 Å². The molecule has 4 aromatic rings. The van der Waals surface area contributed by atoms with E-state index in [2.05, 4.69) is 36.6 Å². The van der Waals surface area contributed by atoms with Crippen molar-refractivity contribution in [2.24, 2.45) is 17.6 Å². The molecular formula is C39H52N8O8. The second-order valence-electron chi connectivity index (χ2n) is 14.5. The number of aliphatic hydroxyl groups is 1. The fraction of sp³-hybridized carbons (Fsp3) is 0.436. The molecule has 0 unspecified atom stereocenters. The molecule has 0 bridgehead atoms. The molecule has 0 spiro atoms. The maximum atomic E-state index is 14.3. The lowest BCUT2D eigenvalue weighted by molar-refractivity contribution is -0.138. The van der Waals surface area contributed by atoms with E-state index in [0.29, 0.717) is 11.1 Å². The molecule has 2 aromatic carbocycles. The topological polar surface area (TPSA) is 261 Å². The van der Waals surface area contributed by atoms with Crippen molar-refractivity contribution in [2.45, 2.75) is 90.2 Å². The third-order valence-electron chi connectivity index (χ3n) is 9.30. The molecule has 16 heteroatoms. The number of aliphatic hydroxyl groups excluding tert-OH is 1. The van der Waals surface area contributed by atoms with Crippen molar-refractivity contribution >= 4 is 57.3 Å². The number of para-hydroxylation sites is 2. The lowest BCUT2D eigenvalue weighted by Gasteiger charge is -2.28. The number of aromatic nitrogens is 2. The van der Waals surface area contributed by atoms with E-state index in [0.717, 1.165) is 21.8 Å². The monoisotopic (exact) mass is 760 g/mol. The Morgan fingerprint density at radius 3 is 1.60 bits per heavy atom. The van der Waals surface area contributed by atoms with Crippen LogP contribution in [0.1, 0.15) is 52.2 Å². The first-order valence-corrected chi connectivity index (χ1v) is 18.3. The molecular weight excluding hydrogens is 708 g/mol. The Morgan fingerprint density at radius 2 is 1.13 bits per heavy atom. The van der Waals surface area contributed by atoms with Crippen LogP contribution in [0.2, 0.25) is 0 Å². The van der Waals surface area contributed by atoms with Crippen LogP contribution in [0, 0.1) is 11.8 Å². The van der Waals surface area contributed by atoms with Gasteiger partial charge in [-0.1, -0.05) is 64.1 Å². The van der Waals surface area contributed by atoms with Crippen LogP contribution in [0.15, 0.2) is 60.9 Å². The molecule has 55 heavy (non-hydrogen) atoms. The Labute approximate surface area is 318 Å². The molecule has 0 aliphatic heterocycles. The van der Waals surface area contributed by atoms with E-state index in [1.165, 1.54) is 6.92 Å². The smallest absolute Gasteiger partial charge is 0.322 e. The number of carboxylic acid groups (broad SMARTS) is 1. The van der Waals surface area contributed by atoms with E-state index in [1.807, 2.05) is 62.4 Å². The highest BCUT2D eigenvalue weighted by molar-refractivity contribution is 5.97. The number of nitrogens with one attached hydrogen (secondary N) is 7. The van der Waals surface area contributed by atoms with Crippen LogP contribution in [0.3, 0.4) is 0 Å². The van der Waals surface area contributed by atoms with Crippen LogP contribution in [-0.2, 0) is 41.6 Å². The molecule has 11 N–H and O–H groups in total. The van der Waals surface area contributed by atoms with Crippen molar-refractivity contribution in [3.63, 3.8) is 0 Å². The number of hydrogen-bond donors (Lipinski definition) is 10. The second kappa shape index (κ2) is 19.0. The summed E-state index contributed by atoms with van der Waals surface area (Å²) in [5, 5.41) is 34.3. The van der Waals surface area contributed by atoms with Gasteiger partial charge in [0.15, 0.2) is 0 Å². The number of nitrogens with two attached hydrogens (primary N) is 1. The number of benzene rings is 2. The van der Waals surface area contributed by atoms with Crippen LogP contribution < -0.4 is 32.3 Å². The summed E-state index contributed by atoms with van der Waals surface area (Å²) in [7, 11) is 0. The van der Waals surface area contributed by atoms with Gasteiger partial charge in [-0.2, -0.15) is 0 Å². The van der Waals surface area contributed by atoms with E-state index in [-0.39, 0.29) is 31.1 Å². The molecule has 2 heterocycles. The van der Waals surface area contributed by atoms with Gasteiger partial charge in [-0.15, -0.1) is 0 Å². The highest BCUT2D eigenvalue weighted by Gasteiger charge is 2.34. The predicted molar refractivity (Wildman–Crippen MR) is 206 cm³/mol. The van der Waals surface area contributed by atoms with Crippen molar-refractivity contribution < 1.29 is 39.0 Å². The third-order valence-corrected chi connectivity index (χ3v) is 9.30. The zero-order valence-corrected chi connectivity index (χ0v) is 31.6. The molecule has 0 aliphatic carbocycles. The lowest BCUT2D eigenvalue weighted by atomic mass is 9.99. The number of amides is 5. The summed E-state index contributed by atoms with van der Waals surface area (Å²) in [5.74, 6) is -5.31. The number of carbonyl (C=O) groups is 6. The van der Waals surface area contributed by atoms with Gasteiger partial charge in [0.25, 0.3) is 0 Å². The zero-order chi connectivity index (χ0) is 40.4. The number of aliphatic carboxylic acids is 1. The van der Waals surface area contributed by atoms with Gasteiger partial charge in [0.2, 0.25) is 29.5 Å². The summed E-state index contributed by atoms with van der Waals surface area (Å²) in [6, 6.07) is 8.66. The van der Waals surface area contributed by atoms with Gasteiger partial charge in [-0.25, -0.2) is 0 Å². The average molecular weight is 761 g/mol. The molecule has 0 fully saturated rings. The van der Waals surface area contributed by atoms with Crippen molar-refractivity contribution in [1.29, 1.82) is 0 Å². The van der Waals surface area contributed by atoms with Gasteiger partial charge in [-0.05, 0) is 48.4 Å². The van der Waals surface area contributed by atoms with Gasteiger partial charge < -0.3 is 52.5 Å². The normalized spacial score (nSPS) is 14.8. The lowest BCUT2D eigenvalue weighted by Crippen LogP contribution is -2.61. The van der Waals surface area contributed by atoms with E-state index >= 15 is 0 Å². The number of rotatable bonds is 19. The van der Waals surface area contributed by atoms with E-state index in [9.17, 15) is 39.0 Å². The van der Waals surface area contributed by atoms with Crippen LogP contribution in [-0.4, -0.2) is 98.5 Å². The van der Waals surface area contributed by atoms with Crippen LogP contribution in [0.5, 0.6) is 0 Å². The Balaban J connectivity index is 1.64. The predicted octanol–water partition coefficient (Wildman–Crippen LogP) is 0.985. The standard InChI is InChI=1S/C39H52N8O8/c1-20(2)14-29(46-39(55)34(22(5)48)47-38(54)33(40)21(3)4)36(52)45-31(16-24-18-42-28-13-9-7-11-26(24)28)37(53)44-30(35(51)43-19-32(49)50)15-23-17-41-27-12-8-6-10-25(23)27/h6-13,17-18,20-22,29-31,33-34,41-42,48H,14-16,19,40H2,1-5H3,(H,43,51)(H,44,53)(H,45,52)(H,46,55)(H,47,54)(H,49,50)/t22-,29+,30+,31+,33+,34+/m1/s1. The van der Waals surface area contributed by atoms with Crippen molar-refractivity contribution in [2.75, 3.05) is 6.54 Å². The first-order chi connectivity index (χ1) is 26.0. The number of carboxylic acids is 1. The minimum absolute atomic E-state index is 0.00604. The summed E-state index contributed by atoms with van der Waals surface area (Å²) in [6.07, 6.45) is 2.18. The Bertz CT molecular complexity index is 1990. The Kier molecular flexibility index (Phi) is 14.5. The molecule has 0 aliphatic rings. The van der Waals surface area contributed by atoms with E-state index < -0.39 is 78.4 Å². The van der Waals surface area contributed by atoms with Gasteiger partial charge in [0.05, 0.1) is 12.1 Å². The number of H-pyrrole nitrogens is 2. The van der Waals surface area contributed by atoms with Gasteiger partial charge in [-0.3, -0.25) is 28.8 Å². The van der Waals surface area contributed by atoms with Gasteiger partial charge in [0.1, 0.15) is 30.7 Å². The van der Waals surface area contributed by atoms with Crippen LogP contribution in [0.25, 0.3) is 21.8 Å². The fourth-order valence-corrected chi connectivity index (χ4v) is 6.21. The second-order valence-corrected chi connectivity index (χ2v) is 14.5. The molecule has 0 saturated carbocycles. The first kappa shape index (κ1) is 42.0. The fourth-order valence-electron chi connectivity index (χ4n) is 6.21. The van der Waals surface area contributed by atoms with Gasteiger partial charge in [0, 0.05) is 47.0 Å². The molecule has 2 aromatic heterocycles. The maximum Gasteiger partial charge on any atom is 0.322 e. The highest BCUT2D eigenvalue weighted by Crippen LogP contribution is 2.21. The Hall–Kier alpha value is -5.74. The van der Waals surface area contributed by atoms with Crippen LogP contribution in [0.4, 0.5) is 0 Å². The number of hydrogen-bond acceptors (Lipinski definition) is 8. The molecule has 0 radical (unpaired) electrons. The van der Waals surface area contributed by atoms with Crippen molar-refractivity contribution in [1.82, 2.24) is 36.6 Å². The average Bonchev–Trinajstić information content (AvgIpc) is 3.74. The summed E-state index contributed by atoms with van der Waals surface area (Å²) in [6.45, 7) is 7.79. The van der Waals surface area contributed by atoms with E-state index in [4.69, 9.17) is 5.73 Å². The number of aromatic amines is 2. The quantitative estimate of drug-likeness (QED) is 0.0653. The summed E-state index contributed by atoms with van der Waals surface area (Å²) >= 11 is 0. The summed E-state index contributed by atoms with van der Waals surface area (Å²) in [5.41, 5.74) is 8.93. The van der Waals surface area contributed by atoms with Crippen molar-refractivity contribution in [3.8, 4) is 0 Å². The molecule has 16 nitrogen and oxygen atoms in total. The summed E-state index contributed by atoms with van der Waals surface area (Å²) < 4.78 is 0. The number of carbonyl (C=O) groups excluding carboxylic acids is 5. The van der Waals surface area contributed by atoms with E-state index in [1.54, 1.807) is 26.2 Å². The highest BCUT2D eigenvalue weighted by atomic mass is 16.4. The number of fused-ring (bicyclic) bond motifs is 2. The third kappa shape index (κ3) is 11.4. The summed E-state index contributed by atoms with van der Waals surface area (Å²) in [4.78, 5) is 85.7. The molecule has 5 amide bonds. The molecule has 4 rings (SSSR count). The Morgan fingerprint density at radius 1 is 0.655 bits per heavy atom.